The van der Waals surface area contributed by atoms with Crippen LogP contribution in [0.1, 0.15) is 82.3 Å². The number of para-hydroxylation sites is 2. The molecule has 0 aromatic heterocycles. The van der Waals surface area contributed by atoms with E-state index in [0.29, 0.717) is 5.92 Å². The quantitative estimate of drug-likeness (QED) is 0.102. The Labute approximate surface area is 563 Å². The highest BCUT2D eigenvalue weighted by atomic mass is 16.5. The lowest BCUT2D eigenvalue weighted by Gasteiger charge is -2.40. The van der Waals surface area contributed by atoms with Crippen molar-refractivity contribution in [3.05, 3.63) is 388 Å². The minimum Gasteiger partial charge on any atom is -0.483 e. The summed E-state index contributed by atoms with van der Waals surface area (Å²) >= 11 is 0. The molecule has 0 bridgehead atoms. The molecule has 18 rings (SSSR count). The van der Waals surface area contributed by atoms with Crippen molar-refractivity contribution in [1.82, 2.24) is 0 Å². The molecule has 0 heterocycles. The van der Waals surface area contributed by atoms with Gasteiger partial charge in [-0.2, -0.15) is 0 Å². The second kappa shape index (κ2) is 23.1. The van der Waals surface area contributed by atoms with Gasteiger partial charge in [0.1, 0.15) is 22.8 Å². The number of benzene rings is 12. The van der Waals surface area contributed by atoms with Gasteiger partial charge in [0, 0.05) is 40.5 Å². The summed E-state index contributed by atoms with van der Waals surface area (Å²) in [5.41, 5.74) is 28.2. The van der Waals surface area contributed by atoms with E-state index in [1.54, 1.807) is 0 Å². The molecule has 4 nitrogen and oxygen atoms in total. The summed E-state index contributed by atoms with van der Waals surface area (Å²) in [6.45, 7) is 4.61. The molecule has 0 spiro atoms. The molecule has 0 fully saturated rings. The normalized spacial score (nSPS) is 19.6. The second-order valence-electron chi connectivity index (χ2n) is 27.1. The van der Waals surface area contributed by atoms with E-state index in [4.69, 9.17) is 9.47 Å². The monoisotopic (exact) mass is 1240 g/mol. The van der Waals surface area contributed by atoms with Gasteiger partial charge >= 0.3 is 0 Å². The van der Waals surface area contributed by atoms with E-state index in [-0.39, 0.29) is 0 Å². The highest BCUT2D eigenvalue weighted by Crippen LogP contribution is 2.61. The predicted octanol–water partition coefficient (Wildman–Crippen LogP) is 23.2. The Kier molecular flexibility index (Phi) is 13.8. The Morgan fingerprint density at radius 3 is 1.38 bits per heavy atom. The maximum absolute atomic E-state index is 6.86. The number of allylic oxidation sites excluding steroid dienone is 6. The summed E-state index contributed by atoms with van der Waals surface area (Å²) in [5, 5.41) is 0. The minimum atomic E-state index is -0.585. The van der Waals surface area contributed by atoms with Crippen LogP contribution in [0.4, 0.5) is 34.1 Å². The lowest BCUT2D eigenvalue weighted by molar-refractivity contribution is 0.141. The van der Waals surface area contributed by atoms with E-state index < -0.39 is 16.4 Å². The average Bonchev–Trinajstić information content (AvgIpc) is 1.53. The van der Waals surface area contributed by atoms with Gasteiger partial charge in [0.2, 0.25) is 0 Å². The van der Waals surface area contributed by atoms with Gasteiger partial charge in [-0.15, -0.1) is 0 Å². The SMILES string of the molecule is CC1CC=CC=C1C1(c2ccc(Oc3ccc4c(c3)CC4)cc2)c2ccccc2-c2ccc(N(c3ccccc3)c3ccc(-c4ccc(N(c5ccccc5)c5ccc6c(c5)C(C5=CCC(C)(Oc7ccc8c(c7)CC8)C=C5)(c5ccccc5)c5ccccc5-6)cc4)cc3)cc21. The number of anilines is 6. The van der Waals surface area contributed by atoms with Crippen molar-refractivity contribution in [2.45, 2.75) is 68.8 Å². The standard InChI is InChI=1S/C92H72N2O2/c1-62-18-12-15-27-85(62)92(70-40-50-78(51-41-70)95-79-48-38-65-30-32-67(65)58-79)87-29-17-14-26-82(87)84-53-47-77(61-89(84)92)94(73-23-10-5-11-24-73)75-44-36-64(37-45-75)63-34-42-74(43-35-63)93(72-21-8-4-9-22-72)76-46-52-83-81-25-13-16-28-86(81)91(88(83)60-76,69-19-6-3-7-20-69)71-54-56-90(2,57-55-71)96-80-49-39-66-31-33-68(66)59-80/h3-17,19-29,34-56,58-62H,18,30-33,57H2,1-2H3. The van der Waals surface area contributed by atoms with Crippen LogP contribution in [0, 0.1) is 5.92 Å². The van der Waals surface area contributed by atoms with Crippen molar-refractivity contribution in [2.75, 3.05) is 9.80 Å². The zero-order valence-electron chi connectivity index (χ0n) is 54.1. The second-order valence-corrected chi connectivity index (χ2v) is 27.1. The maximum atomic E-state index is 6.86. The summed E-state index contributed by atoms with van der Waals surface area (Å²) < 4.78 is 13.4. The highest BCUT2D eigenvalue weighted by Gasteiger charge is 2.50. The van der Waals surface area contributed by atoms with Crippen LogP contribution in [0.3, 0.4) is 0 Å². The van der Waals surface area contributed by atoms with Crippen LogP contribution in [0.25, 0.3) is 33.4 Å². The molecule has 0 amide bonds. The van der Waals surface area contributed by atoms with Crippen molar-refractivity contribution in [2.24, 2.45) is 5.92 Å². The summed E-state index contributed by atoms with van der Waals surface area (Å²) in [7, 11) is 0. The summed E-state index contributed by atoms with van der Waals surface area (Å²) in [6, 6.07) is 106. The fourth-order valence-corrected chi connectivity index (χ4v) is 16.7. The fourth-order valence-electron chi connectivity index (χ4n) is 16.7. The van der Waals surface area contributed by atoms with Crippen LogP contribution in [-0.2, 0) is 36.5 Å². The third kappa shape index (κ3) is 9.40. The molecular weight excluding hydrogens is 1170 g/mol. The van der Waals surface area contributed by atoms with Gasteiger partial charge in [0.05, 0.1) is 10.8 Å². The highest BCUT2D eigenvalue weighted by molar-refractivity contribution is 5.92. The Hall–Kier alpha value is -11.2. The van der Waals surface area contributed by atoms with Crippen molar-refractivity contribution in [3.8, 4) is 50.6 Å². The van der Waals surface area contributed by atoms with Crippen LogP contribution >= 0.6 is 0 Å². The number of ether oxygens (including phenoxy) is 2. The predicted molar refractivity (Wildman–Crippen MR) is 394 cm³/mol. The number of fused-ring (bicyclic) bond motifs is 8. The van der Waals surface area contributed by atoms with Crippen LogP contribution in [-0.4, -0.2) is 5.60 Å². The maximum Gasteiger partial charge on any atom is 0.128 e. The molecule has 12 aromatic carbocycles. The van der Waals surface area contributed by atoms with Gasteiger partial charge in [-0.1, -0.05) is 213 Å². The lowest BCUT2D eigenvalue weighted by atomic mass is 9.63. The lowest BCUT2D eigenvalue weighted by Crippen LogP contribution is -2.35. The first-order chi connectivity index (χ1) is 47.3. The molecule has 0 aliphatic heterocycles. The van der Waals surface area contributed by atoms with Crippen LogP contribution in [0.15, 0.2) is 333 Å². The Morgan fingerprint density at radius 1 is 0.385 bits per heavy atom. The summed E-state index contributed by atoms with van der Waals surface area (Å²) in [5.74, 6) is 2.98. The van der Waals surface area contributed by atoms with Crippen LogP contribution in [0.5, 0.6) is 17.2 Å². The molecule has 6 aliphatic rings. The molecule has 4 heteroatoms. The molecule has 0 radical (unpaired) electrons. The smallest absolute Gasteiger partial charge is 0.128 e. The largest absolute Gasteiger partial charge is 0.483 e. The molecule has 0 N–H and O–H groups in total. The van der Waals surface area contributed by atoms with E-state index in [2.05, 4.69) is 345 Å². The summed E-state index contributed by atoms with van der Waals surface area (Å²) in [4.78, 5) is 4.84. The molecule has 4 atom stereocenters. The molecule has 0 saturated carbocycles. The Balaban J connectivity index is 0.692. The Bertz CT molecular complexity index is 5140. The van der Waals surface area contributed by atoms with Gasteiger partial charge in [0.25, 0.3) is 0 Å². The van der Waals surface area contributed by atoms with E-state index in [1.165, 1.54) is 89.0 Å². The molecule has 462 valence electrons. The molecule has 4 unspecified atom stereocenters. The van der Waals surface area contributed by atoms with E-state index in [0.717, 1.165) is 101 Å². The molecule has 12 aromatic rings. The van der Waals surface area contributed by atoms with Crippen molar-refractivity contribution in [3.63, 3.8) is 0 Å². The first-order valence-corrected chi connectivity index (χ1v) is 34.2. The van der Waals surface area contributed by atoms with Gasteiger partial charge in [0.15, 0.2) is 0 Å². The number of rotatable bonds is 15. The number of hydrogen-bond donors (Lipinski definition) is 0. The number of aryl methyl sites for hydroxylation is 4. The zero-order valence-corrected chi connectivity index (χ0v) is 54.1. The topological polar surface area (TPSA) is 24.9 Å². The average molecular weight is 1240 g/mol. The molecule has 6 aliphatic carbocycles. The van der Waals surface area contributed by atoms with Gasteiger partial charge < -0.3 is 19.3 Å². The zero-order chi connectivity index (χ0) is 64.0. The van der Waals surface area contributed by atoms with Gasteiger partial charge in [-0.05, 0) is 260 Å². The van der Waals surface area contributed by atoms with Crippen LogP contribution in [0.2, 0.25) is 0 Å². The molecular formula is C92H72N2O2. The van der Waals surface area contributed by atoms with Crippen molar-refractivity contribution >= 4 is 34.1 Å². The van der Waals surface area contributed by atoms with E-state index in [9.17, 15) is 0 Å². The third-order valence-electron chi connectivity index (χ3n) is 21.6. The van der Waals surface area contributed by atoms with Crippen molar-refractivity contribution in [1.29, 1.82) is 0 Å². The van der Waals surface area contributed by atoms with Crippen molar-refractivity contribution < 1.29 is 9.47 Å². The third-order valence-corrected chi connectivity index (χ3v) is 21.6. The van der Waals surface area contributed by atoms with E-state index in [1.807, 2.05) is 0 Å². The first-order valence-electron chi connectivity index (χ1n) is 34.2. The van der Waals surface area contributed by atoms with Gasteiger partial charge in [-0.3, -0.25) is 0 Å². The fraction of sp³-hybridized carbons (Fsp3) is 0.130. The van der Waals surface area contributed by atoms with Crippen LogP contribution < -0.4 is 19.3 Å². The number of hydrogen-bond acceptors (Lipinski definition) is 4. The molecule has 0 saturated heterocycles. The first kappa shape index (κ1) is 57.5. The minimum absolute atomic E-state index is 0.305. The van der Waals surface area contributed by atoms with E-state index >= 15 is 0 Å². The molecule has 96 heavy (non-hydrogen) atoms. The number of nitrogens with zero attached hydrogens (tertiary/aromatic N) is 2. The summed E-state index contributed by atoms with van der Waals surface area (Å²) in [6.07, 6.45) is 20.4. The van der Waals surface area contributed by atoms with Gasteiger partial charge in [-0.25, -0.2) is 0 Å². The Morgan fingerprint density at radius 2 is 0.844 bits per heavy atom.